The van der Waals surface area contributed by atoms with Crippen molar-refractivity contribution in [3.05, 3.63) is 30.1 Å². The molecule has 19 heavy (non-hydrogen) atoms. The zero-order chi connectivity index (χ0) is 13.9. The van der Waals surface area contributed by atoms with E-state index in [2.05, 4.69) is 60.2 Å². The van der Waals surface area contributed by atoms with Crippen LogP contribution in [0.1, 0.15) is 19.4 Å². The van der Waals surface area contributed by atoms with Crippen LogP contribution in [-0.2, 0) is 6.54 Å². The topological polar surface area (TPSA) is 31.4 Å². The molecule has 0 saturated carbocycles. The van der Waals surface area contributed by atoms with Crippen LogP contribution in [0.15, 0.2) is 24.5 Å². The zero-order valence-corrected chi connectivity index (χ0v) is 12.6. The summed E-state index contributed by atoms with van der Waals surface area (Å²) in [4.78, 5) is 8.88. The number of nitrogens with zero attached hydrogens (tertiary/aromatic N) is 3. The summed E-state index contributed by atoms with van der Waals surface area (Å²) in [6.07, 6.45) is 3.75. The molecule has 2 heterocycles. The molecule has 0 amide bonds. The predicted molar refractivity (Wildman–Crippen MR) is 79.1 cm³/mol. The van der Waals surface area contributed by atoms with Crippen molar-refractivity contribution in [1.82, 2.24) is 20.1 Å². The van der Waals surface area contributed by atoms with Crippen LogP contribution in [0.4, 0.5) is 0 Å². The lowest BCUT2D eigenvalue weighted by atomic mass is 9.98. The maximum Gasteiger partial charge on any atom is 0.0327 e. The van der Waals surface area contributed by atoms with Crippen LogP contribution >= 0.6 is 0 Å². The Morgan fingerprint density at radius 1 is 1.37 bits per heavy atom. The van der Waals surface area contributed by atoms with Gasteiger partial charge < -0.3 is 10.2 Å². The van der Waals surface area contributed by atoms with Crippen LogP contribution < -0.4 is 5.32 Å². The van der Waals surface area contributed by atoms with E-state index in [1.165, 1.54) is 5.56 Å². The average Bonchev–Trinajstić information content (AvgIpc) is 2.26. The van der Waals surface area contributed by atoms with Crippen LogP contribution in [0, 0.1) is 0 Å². The van der Waals surface area contributed by atoms with Gasteiger partial charge in [-0.3, -0.25) is 9.88 Å². The fourth-order valence-corrected chi connectivity index (χ4v) is 2.99. The number of pyridine rings is 1. The molecule has 1 aromatic rings. The van der Waals surface area contributed by atoms with E-state index in [0.717, 1.165) is 26.2 Å². The number of rotatable bonds is 4. The van der Waals surface area contributed by atoms with Gasteiger partial charge in [0.05, 0.1) is 0 Å². The SMILES string of the molecule is CN(C)CC1CN(Cc2ccncc2)CC(C)(C)N1. The Labute approximate surface area is 116 Å². The fraction of sp³-hybridized carbons (Fsp3) is 0.667. The van der Waals surface area contributed by atoms with Crippen LogP contribution in [0.5, 0.6) is 0 Å². The minimum absolute atomic E-state index is 0.173. The Morgan fingerprint density at radius 3 is 2.68 bits per heavy atom. The molecule has 1 N–H and O–H groups in total. The highest BCUT2D eigenvalue weighted by Gasteiger charge is 2.31. The van der Waals surface area contributed by atoms with Crippen molar-refractivity contribution < 1.29 is 0 Å². The standard InChI is InChI=1S/C15H26N4/c1-15(2)12-19(9-13-5-7-16-8-6-13)11-14(17-15)10-18(3)4/h5-8,14,17H,9-12H2,1-4H3. The zero-order valence-electron chi connectivity index (χ0n) is 12.6. The third kappa shape index (κ3) is 4.56. The molecule has 4 nitrogen and oxygen atoms in total. The maximum atomic E-state index is 4.08. The summed E-state index contributed by atoms with van der Waals surface area (Å²) in [6.45, 7) is 8.85. The molecule has 1 aliphatic rings. The number of likely N-dealkylation sites (N-methyl/N-ethyl adjacent to an activating group) is 1. The van der Waals surface area contributed by atoms with Gasteiger partial charge in [-0.05, 0) is 45.6 Å². The summed E-state index contributed by atoms with van der Waals surface area (Å²) < 4.78 is 0. The van der Waals surface area contributed by atoms with Crippen LogP contribution in [0.2, 0.25) is 0 Å². The second-order valence-electron chi connectivity index (χ2n) is 6.51. The maximum absolute atomic E-state index is 4.08. The Bertz CT molecular complexity index is 388. The number of nitrogens with one attached hydrogen (secondary N) is 1. The van der Waals surface area contributed by atoms with Crippen LogP contribution in [0.3, 0.4) is 0 Å². The highest BCUT2D eigenvalue weighted by atomic mass is 15.3. The summed E-state index contributed by atoms with van der Waals surface area (Å²) in [6, 6.07) is 4.74. The van der Waals surface area contributed by atoms with Crippen LogP contribution in [-0.4, -0.2) is 60.1 Å². The normalized spacial score (nSPS) is 23.7. The molecule has 4 heteroatoms. The van der Waals surface area contributed by atoms with Crippen molar-refractivity contribution in [2.75, 3.05) is 33.7 Å². The van der Waals surface area contributed by atoms with Gasteiger partial charge in [-0.2, -0.15) is 0 Å². The van der Waals surface area contributed by atoms with Crippen LogP contribution in [0.25, 0.3) is 0 Å². The van der Waals surface area contributed by atoms with E-state index in [1.54, 1.807) is 0 Å². The van der Waals surface area contributed by atoms with Crippen molar-refractivity contribution >= 4 is 0 Å². The van der Waals surface area contributed by atoms with Gasteiger partial charge in [0.25, 0.3) is 0 Å². The summed E-state index contributed by atoms with van der Waals surface area (Å²) >= 11 is 0. The van der Waals surface area contributed by atoms with E-state index >= 15 is 0 Å². The Kier molecular flexibility index (Phi) is 4.55. The van der Waals surface area contributed by atoms with E-state index in [4.69, 9.17) is 0 Å². The monoisotopic (exact) mass is 262 g/mol. The predicted octanol–water partition coefficient (Wildman–Crippen LogP) is 1.20. The first kappa shape index (κ1) is 14.4. The Balaban J connectivity index is 2.00. The van der Waals surface area contributed by atoms with Crippen molar-refractivity contribution in [2.24, 2.45) is 0 Å². The molecule has 0 radical (unpaired) electrons. The van der Waals surface area contributed by atoms with Gasteiger partial charge in [-0.25, -0.2) is 0 Å². The van der Waals surface area contributed by atoms with Crippen molar-refractivity contribution in [3.63, 3.8) is 0 Å². The molecule has 2 rings (SSSR count). The minimum atomic E-state index is 0.173. The van der Waals surface area contributed by atoms with Gasteiger partial charge in [0, 0.05) is 50.2 Å². The number of hydrogen-bond donors (Lipinski definition) is 1. The summed E-state index contributed by atoms with van der Waals surface area (Å²) in [5, 5.41) is 3.74. The molecule has 1 aliphatic heterocycles. The first-order chi connectivity index (χ1) is 8.94. The number of aromatic nitrogens is 1. The first-order valence-electron chi connectivity index (χ1n) is 6.98. The molecule has 0 bridgehead atoms. The molecular formula is C15H26N4. The molecule has 1 saturated heterocycles. The number of piperazine rings is 1. The lowest BCUT2D eigenvalue weighted by molar-refractivity contribution is 0.0989. The lowest BCUT2D eigenvalue weighted by Gasteiger charge is -2.44. The van der Waals surface area contributed by atoms with Crippen molar-refractivity contribution in [3.8, 4) is 0 Å². The molecular weight excluding hydrogens is 236 g/mol. The molecule has 106 valence electrons. The van der Waals surface area contributed by atoms with E-state index in [9.17, 15) is 0 Å². The van der Waals surface area contributed by atoms with Crippen molar-refractivity contribution in [2.45, 2.75) is 32.0 Å². The van der Waals surface area contributed by atoms with Gasteiger partial charge in [0.15, 0.2) is 0 Å². The van der Waals surface area contributed by atoms with Gasteiger partial charge in [-0.1, -0.05) is 0 Å². The molecule has 1 fully saturated rings. The minimum Gasteiger partial charge on any atom is -0.308 e. The molecule has 1 aromatic heterocycles. The van der Waals surface area contributed by atoms with E-state index in [1.807, 2.05) is 12.4 Å². The van der Waals surface area contributed by atoms with Gasteiger partial charge >= 0.3 is 0 Å². The van der Waals surface area contributed by atoms with Gasteiger partial charge in [-0.15, -0.1) is 0 Å². The molecule has 0 spiro atoms. The smallest absolute Gasteiger partial charge is 0.0327 e. The Hall–Kier alpha value is -0.970. The molecule has 1 unspecified atom stereocenters. The quantitative estimate of drug-likeness (QED) is 0.883. The lowest BCUT2D eigenvalue weighted by Crippen LogP contribution is -2.63. The third-order valence-electron chi connectivity index (χ3n) is 3.43. The van der Waals surface area contributed by atoms with Crippen molar-refractivity contribution in [1.29, 1.82) is 0 Å². The van der Waals surface area contributed by atoms with E-state index in [0.29, 0.717) is 6.04 Å². The van der Waals surface area contributed by atoms with E-state index in [-0.39, 0.29) is 5.54 Å². The van der Waals surface area contributed by atoms with E-state index < -0.39 is 0 Å². The highest BCUT2D eigenvalue weighted by Crippen LogP contribution is 2.16. The largest absolute Gasteiger partial charge is 0.308 e. The molecule has 0 aromatic carbocycles. The summed E-state index contributed by atoms with van der Waals surface area (Å²) in [5.41, 5.74) is 1.52. The molecule has 0 aliphatic carbocycles. The fourth-order valence-electron chi connectivity index (χ4n) is 2.99. The second kappa shape index (κ2) is 5.99. The average molecular weight is 262 g/mol. The van der Waals surface area contributed by atoms with Gasteiger partial charge in [0.1, 0.15) is 0 Å². The summed E-state index contributed by atoms with van der Waals surface area (Å²) in [5.74, 6) is 0. The van der Waals surface area contributed by atoms with Gasteiger partial charge in [0.2, 0.25) is 0 Å². The number of hydrogen-bond acceptors (Lipinski definition) is 4. The third-order valence-corrected chi connectivity index (χ3v) is 3.43. The summed E-state index contributed by atoms with van der Waals surface area (Å²) in [7, 11) is 4.27. The molecule has 1 atom stereocenters. The Morgan fingerprint density at radius 2 is 2.05 bits per heavy atom. The first-order valence-corrected chi connectivity index (χ1v) is 6.98. The second-order valence-corrected chi connectivity index (χ2v) is 6.51. The highest BCUT2D eigenvalue weighted by molar-refractivity contribution is 5.10.